The maximum absolute atomic E-state index is 12.3. The van der Waals surface area contributed by atoms with Crippen LogP contribution in [0, 0.1) is 6.92 Å². The molecule has 1 amide bonds. The fourth-order valence-corrected chi connectivity index (χ4v) is 2.30. The van der Waals surface area contributed by atoms with E-state index in [9.17, 15) is 4.79 Å². The molecule has 3 heteroatoms. The average Bonchev–Trinajstić information content (AvgIpc) is 2.59. The zero-order valence-electron chi connectivity index (χ0n) is 14.1. The number of carbonyl (C=O) groups excluding carboxylic acids is 1. The lowest BCUT2D eigenvalue weighted by Crippen LogP contribution is -2.37. The number of aryl methyl sites for hydroxylation is 2. The largest absolute Gasteiger partial charge is 0.481 e. The molecule has 0 aromatic heterocycles. The number of hydrogen-bond acceptors (Lipinski definition) is 2. The van der Waals surface area contributed by atoms with Crippen LogP contribution in [0.1, 0.15) is 37.0 Å². The molecule has 0 saturated heterocycles. The SMILES string of the molecule is CCc1ccc(O[C@@H](CC)C(=O)NCc2ccc(C)cc2)cc1. The van der Waals surface area contributed by atoms with Crippen molar-refractivity contribution >= 4 is 5.91 Å². The summed E-state index contributed by atoms with van der Waals surface area (Å²) < 4.78 is 5.82. The normalized spacial score (nSPS) is 11.8. The number of carbonyl (C=O) groups is 1. The van der Waals surface area contributed by atoms with E-state index in [0.29, 0.717) is 13.0 Å². The highest BCUT2D eigenvalue weighted by Crippen LogP contribution is 2.15. The van der Waals surface area contributed by atoms with E-state index in [2.05, 4.69) is 12.2 Å². The molecule has 0 aliphatic rings. The smallest absolute Gasteiger partial charge is 0.261 e. The molecule has 0 saturated carbocycles. The molecule has 0 spiro atoms. The Morgan fingerprint density at radius 2 is 1.61 bits per heavy atom. The van der Waals surface area contributed by atoms with Crippen molar-refractivity contribution in [3.63, 3.8) is 0 Å². The third-order valence-corrected chi connectivity index (χ3v) is 3.86. The van der Waals surface area contributed by atoms with Crippen LogP contribution in [0.2, 0.25) is 0 Å². The molecule has 2 rings (SSSR count). The molecule has 0 heterocycles. The van der Waals surface area contributed by atoms with E-state index in [1.54, 1.807) is 0 Å². The van der Waals surface area contributed by atoms with E-state index in [1.165, 1.54) is 11.1 Å². The van der Waals surface area contributed by atoms with Crippen molar-refractivity contribution in [3.05, 3.63) is 65.2 Å². The van der Waals surface area contributed by atoms with Crippen molar-refractivity contribution < 1.29 is 9.53 Å². The molecule has 1 N–H and O–H groups in total. The predicted molar refractivity (Wildman–Crippen MR) is 93.6 cm³/mol. The van der Waals surface area contributed by atoms with Crippen LogP contribution in [0.25, 0.3) is 0 Å². The quantitative estimate of drug-likeness (QED) is 0.838. The fraction of sp³-hybridized carbons (Fsp3) is 0.350. The highest BCUT2D eigenvalue weighted by atomic mass is 16.5. The Labute approximate surface area is 138 Å². The summed E-state index contributed by atoms with van der Waals surface area (Å²) >= 11 is 0. The van der Waals surface area contributed by atoms with Gasteiger partial charge in [-0.2, -0.15) is 0 Å². The van der Waals surface area contributed by atoms with Gasteiger partial charge in [-0.15, -0.1) is 0 Å². The summed E-state index contributed by atoms with van der Waals surface area (Å²) in [5.41, 5.74) is 3.56. The van der Waals surface area contributed by atoms with Crippen LogP contribution < -0.4 is 10.1 Å². The molecule has 122 valence electrons. The molecule has 0 radical (unpaired) electrons. The highest BCUT2D eigenvalue weighted by Gasteiger charge is 2.17. The number of amides is 1. The number of nitrogens with one attached hydrogen (secondary N) is 1. The second-order valence-electron chi connectivity index (χ2n) is 5.72. The van der Waals surface area contributed by atoms with Crippen LogP contribution >= 0.6 is 0 Å². The summed E-state index contributed by atoms with van der Waals surface area (Å²) in [5.74, 6) is 0.659. The molecule has 2 aromatic carbocycles. The first kappa shape index (κ1) is 17.1. The number of hydrogen-bond donors (Lipinski definition) is 1. The number of ether oxygens (including phenoxy) is 1. The van der Waals surface area contributed by atoms with Gasteiger partial charge in [0.25, 0.3) is 5.91 Å². The zero-order valence-corrected chi connectivity index (χ0v) is 14.1. The monoisotopic (exact) mass is 311 g/mol. The van der Waals surface area contributed by atoms with Gasteiger partial charge in [0.15, 0.2) is 6.10 Å². The Hall–Kier alpha value is -2.29. The second kappa shape index (κ2) is 8.37. The van der Waals surface area contributed by atoms with Crippen LogP contribution in [0.5, 0.6) is 5.75 Å². The standard InChI is InChI=1S/C20H25NO2/c1-4-16-10-12-18(13-11-16)23-19(5-2)20(22)21-14-17-8-6-15(3)7-9-17/h6-13,19H,4-5,14H2,1-3H3,(H,21,22)/t19-/m0/s1. The molecule has 0 fully saturated rings. The minimum atomic E-state index is -0.465. The first-order valence-corrected chi connectivity index (χ1v) is 8.21. The van der Waals surface area contributed by atoms with Crippen LogP contribution in [-0.4, -0.2) is 12.0 Å². The van der Waals surface area contributed by atoms with Crippen LogP contribution in [0.3, 0.4) is 0 Å². The molecule has 3 nitrogen and oxygen atoms in total. The van der Waals surface area contributed by atoms with Crippen molar-refractivity contribution in [2.45, 2.75) is 46.3 Å². The van der Waals surface area contributed by atoms with Gasteiger partial charge in [0.1, 0.15) is 5.75 Å². The minimum absolute atomic E-state index is 0.0763. The molecular weight excluding hydrogens is 286 g/mol. The summed E-state index contributed by atoms with van der Waals surface area (Å²) in [6.07, 6.45) is 1.16. The second-order valence-corrected chi connectivity index (χ2v) is 5.72. The average molecular weight is 311 g/mol. The Kier molecular flexibility index (Phi) is 6.21. The van der Waals surface area contributed by atoms with Gasteiger partial charge in [0.2, 0.25) is 0 Å². The Morgan fingerprint density at radius 1 is 1.00 bits per heavy atom. The maximum Gasteiger partial charge on any atom is 0.261 e. The molecule has 0 unspecified atom stereocenters. The van der Waals surface area contributed by atoms with E-state index in [0.717, 1.165) is 17.7 Å². The molecule has 1 atom stereocenters. The van der Waals surface area contributed by atoms with E-state index in [1.807, 2.05) is 62.4 Å². The first-order valence-electron chi connectivity index (χ1n) is 8.21. The van der Waals surface area contributed by atoms with Crippen molar-refractivity contribution in [2.24, 2.45) is 0 Å². The first-order chi connectivity index (χ1) is 11.1. The summed E-state index contributed by atoms with van der Waals surface area (Å²) in [5, 5.41) is 2.95. The maximum atomic E-state index is 12.3. The van der Waals surface area contributed by atoms with Gasteiger partial charge < -0.3 is 10.1 Å². The Bertz CT molecular complexity index is 617. The van der Waals surface area contributed by atoms with Crippen molar-refractivity contribution in [1.29, 1.82) is 0 Å². The van der Waals surface area contributed by atoms with E-state index >= 15 is 0 Å². The van der Waals surface area contributed by atoms with Crippen LogP contribution in [0.4, 0.5) is 0 Å². The Balaban J connectivity index is 1.90. The third kappa shape index (κ3) is 5.13. The van der Waals surface area contributed by atoms with Gasteiger partial charge in [-0.3, -0.25) is 4.79 Å². The molecule has 0 aliphatic carbocycles. The van der Waals surface area contributed by atoms with Gasteiger partial charge in [0, 0.05) is 6.54 Å². The highest BCUT2D eigenvalue weighted by molar-refractivity contribution is 5.81. The summed E-state index contributed by atoms with van der Waals surface area (Å²) in [6, 6.07) is 16.1. The lowest BCUT2D eigenvalue weighted by Gasteiger charge is -2.17. The zero-order chi connectivity index (χ0) is 16.7. The summed E-state index contributed by atoms with van der Waals surface area (Å²) in [7, 11) is 0. The molecule has 0 bridgehead atoms. The van der Waals surface area contributed by atoms with Gasteiger partial charge in [-0.25, -0.2) is 0 Å². The van der Waals surface area contributed by atoms with Gasteiger partial charge in [-0.1, -0.05) is 55.8 Å². The Morgan fingerprint density at radius 3 is 2.17 bits per heavy atom. The molecule has 0 aliphatic heterocycles. The lowest BCUT2D eigenvalue weighted by atomic mass is 10.1. The van der Waals surface area contributed by atoms with Crippen molar-refractivity contribution in [1.82, 2.24) is 5.32 Å². The molecule has 2 aromatic rings. The van der Waals surface area contributed by atoms with E-state index < -0.39 is 6.10 Å². The number of benzene rings is 2. The summed E-state index contributed by atoms with van der Waals surface area (Å²) in [4.78, 5) is 12.3. The van der Waals surface area contributed by atoms with E-state index in [4.69, 9.17) is 4.74 Å². The number of rotatable bonds is 7. The third-order valence-electron chi connectivity index (χ3n) is 3.86. The fourth-order valence-electron chi connectivity index (χ4n) is 2.30. The predicted octanol–water partition coefficient (Wildman–Crippen LogP) is 4.03. The van der Waals surface area contributed by atoms with Crippen LogP contribution in [-0.2, 0) is 17.8 Å². The minimum Gasteiger partial charge on any atom is -0.481 e. The summed E-state index contributed by atoms with van der Waals surface area (Å²) in [6.45, 7) is 6.64. The van der Waals surface area contributed by atoms with Gasteiger partial charge in [0.05, 0.1) is 0 Å². The van der Waals surface area contributed by atoms with Crippen LogP contribution in [0.15, 0.2) is 48.5 Å². The molecule has 23 heavy (non-hydrogen) atoms. The van der Waals surface area contributed by atoms with Gasteiger partial charge >= 0.3 is 0 Å². The van der Waals surface area contributed by atoms with Crippen molar-refractivity contribution in [3.8, 4) is 5.75 Å². The topological polar surface area (TPSA) is 38.3 Å². The van der Waals surface area contributed by atoms with E-state index in [-0.39, 0.29) is 5.91 Å². The van der Waals surface area contributed by atoms with Crippen molar-refractivity contribution in [2.75, 3.05) is 0 Å². The lowest BCUT2D eigenvalue weighted by molar-refractivity contribution is -0.128. The molecular formula is C20H25NO2. The van der Waals surface area contributed by atoms with Gasteiger partial charge in [-0.05, 0) is 43.0 Å².